The van der Waals surface area contributed by atoms with Gasteiger partial charge in [-0.05, 0) is 24.7 Å². The van der Waals surface area contributed by atoms with Crippen LogP contribution < -0.4 is 5.32 Å². The van der Waals surface area contributed by atoms with Crippen LogP contribution in [0.5, 0.6) is 0 Å². The number of carbonyl (C=O) groups is 1. The largest absolute Gasteiger partial charge is 0.441 e. The third kappa shape index (κ3) is 5.27. The van der Waals surface area contributed by atoms with Gasteiger partial charge in [0.25, 0.3) is 0 Å². The second-order valence-electron chi connectivity index (χ2n) is 3.21. The summed E-state index contributed by atoms with van der Waals surface area (Å²) in [6.45, 7) is 1.69. The molecule has 0 aromatic heterocycles. The van der Waals surface area contributed by atoms with E-state index in [1.165, 1.54) is 4.90 Å². The molecule has 7 heteroatoms. The van der Waals surface area contributed by atoms with Gasteiger partial charge < -0.3 is 10.2 Å². The quantitative estimate of drug-likeness (QED) is 0.803. The van der Waals surface area contributed by atoms with Gasteiger partial charge in [-0.15, -0.1) is 0 Å². The van der Waals surface area contributed by atoms with E-state index in [0.29, 0.717) is 6.54 Å². The highest BCUT2D eigenvalue weighted by atomic mass is 32.2. The van der Waals surface area contributed by atoms with Crippen molar-refractivity contribution in [3.63, 3.8) is 0 Å². The van der Waals surface area contributed by atoms with Crippen molar-refractivity contribution in [2.75, 3.05) is 31.9 Å². The molecule has 0 unspecified atom stereocenters. The second kappa shape index (κ2) is 5.60. The van der Waals surface area contributed by atoms with Crippen LogP contribution in [-0.2, 0) is 4.79 Å². The first kappa shape index (κ1) is 12.6. The molecule has 0 aliphatic carbocycles. The van der Waals surface area contributed by atoms with E-state index < -0.39 is 5.51 Å². The summed E-state index contributed by atoms with van der Waals surface area (Å²) in [6, 6.07) is 0. The van der Waals surface area contributed by atoms with Crippen LogP contribution in [0, 0.1) is 0 Å². The number of halogens is 3. The van der Waals surface area contributed by atoms with Crippen LogP contribution in [-0.4, -0.2) is 48.2 Å². The maximum atomic E-state index is 11.8. The predicted octanol–water partition coefficient (Wildman–Crippen LogP) is 1.06. The maximum absolute atomic E-state index is 11.8. The second-order valence-corrected chi connectivity index (χ2v) is 4.37. The Bertz CT molecular complexity index is 222. The summed E-state index contributed by atoms with van der Waals surface area (Å²) in [4.78, 5) is 12.8. The zero-order chi connectivity index (χ0) is 11.3. The number of rotatable bonds is 3. The van der Waals surface area contributed by atoms with E-state index >= 15 is 0 Å². The molecule has 0 aromatic carbocycles. The molecule has 1 rings (SSSR count). The maximum Gasteiger partial charge on any atom is 0.441 e. The molecule has 1 saturated heterocycles. The lowest BCUT2D eigenvalue weighted by Crippen LogP contribution is -2.36. The van der Waals surface area contributed by atoms with E-state index in [4.69, 9.17) is 0 Å². The van der Waals surface area contributed by atoms with Crippen LogP contribution in [0.2, 0.25) is 0 Å². The molecule has 1 heterocycles. The first-order valence-corrected chi connectivity index (χ1v) is 5.67. The molecular formula is C8H13F3N2OS. The van der Waals surface area contributed by atoms with Crippen molar-refractivity contribution in [2.45, 2.75) is 11.9 Å². The number of nitrogens with one attached hydrogen (secondary N) is 1. The fourth-order valence-corrected chi connectivity index (χ4v) is 1.88. The molecule has 0 atom stereocenters. The Morgan fingerprint density at radius 2 is 2.20 bits per heavy atom. The van der Waals surface area contributed by atoms with Crippen molar-refractivity contribution in [3.8, 4) is 0 Å². The number of nitrogens with zero attached hydrogens (tertiary/aromatic N) is 1. The highest BCUT2D eigenvalue weighted by Crippen LogP contribution is 2.29. The molecule has 0 saturated carbocycles. The topological polar surface area (TPSA) is 32.3 Å². The first-order valence-electron chi connectivity index (χ1n) is 4.68. The van der Waals surface area contributed by atoms with Crippen molar-refractivity contribution in [2.24, 2.45) is 0 Å². The van der Waals surface area contributed by atoms with Gasteiger partial charge in [-0.25, -0.2) is 0 Å². The SMILES string of the molecule is O=C1CNCCCN1CCSC(F)(F)F. The molecule has 88 valence electrons. The number of hydrogen-bond acceptors (Lipinski definition) is 3. The Morgan fingerprint density at radius 3 is 2.87 bits per heavy atom. The van der Waals surface area contributed by atoms with Crippen molar-refractivity contribution in [1.82, 2.24) is 10.2 Å². The van der Waals surface area contributed by atoms with Crippen LogP contribution in [0.25, 0.3) is 0 Å². The number of carbonyl (C=O) groups excluding carboxylic acids is 1. The molecule has 3 nitrogen and oxygen atoms in total. The van der Waals surface area contributed by atoms with Crippen LogP contribution in [0.15, 0.2) is 0 Å². The van der Waals surface area contributed by atoms with Crippen LogP contribution in [0.1, 0.15) is 6.42 Å². The van der Waals surface area contributed by atoms with Crippen LogP contribution in [0.3, 0.4) is 0 Å². The van der Waals surface area contributed by atoms with Crippen molar-refractivity contribution < 1.29 is 18.0 Å². The molecule has 1 N–H and O–H groups in total. The third-order valence-corrected chi connectivity index (χ3v) is 2.75. The van der Waals surface area contributed by atoms with Gasteiger partial charge >= 0.3 is 5.51 Å². The van der Waals surface area contributed by atoms with Crippen molar-refractivity contribution in [1.29, 1.82) is 0 Å². The van der Waals surface area contributed by atoms with E-state index in [-0.39, 0.29) is 36.5 Å². The minimum atomic E-state index is -4.20. The molecule has 0 spiro atoms. The average Bonchev–Trinajstić information content (AvgIpc) is 2.30. The molecule has 1 aliphatic rings. The highest BCUT2D eigenvalue weighted by Gasteiger charge is 2.28. The minimum absolute atomic E-state index is 0.0782. The monoisotopic (exact) mass is 242 g/mol. The van der Waals surface area contributed by atoms with Gasteiger partial charge in [0.1, 0.15) is 0 Å². The summed E-state index contributed by atoms with van der Waals surface area (Å²) >= 11 is -0.0782. The lowest BCUT2D eigenvalue weighted by Gasteiger charge is -2.19. The lowest BCUT2D eigenvalue weighted by atomic mass is 10.4. The van der Waals surface area contributed by atoms with E-state index in [0.717, 1.165) is 13.0 Å². The summed E-state index contributed by atoms with van der Waals surface area (Å²) in [6.07, 6.45) is 0.794. The van der Waals surface area contributed by atoms with Crippen LogP contribution in [0.4, 0.5) is 13.2 Å². The number of hydrogen-bond donors (Lipinski definition) is 1. The van der Waals surface area contributed by atoms with Gasteiger partial charge in [0.05, 0.1) is 6.54 Å². The smallest absolute Gasteiger partial charge is 0.341 e. The Morgan fingerprint density at radius 1 is 1.47 bits per heavy atom. The van der Waals surface area contributed by atoms with E-state index in [1.807, 2.05) is 0 Å². The number of amides is 1. The summed E-state index contributed by atoms with van der Waals surface area (Å²) in [7, 11) is 0. The van der Waals surface area contributed by atoms with Gasteiger partial charge in [0, 0.05) is 18.8 Å². The zero-order valence-corrected chi connectivity index (χ0v) is 8.96. The van der Waals surface area contributed by atoms with Gasteiger partial charge in [0.15, 0.2) is 0 Å². The molecule has 0 bridgehead atoms. The van der Waals surface area contributed by atoms with Gasteiger partial charge in [-0.1, -0.05) is 0 Å². The molecule has 0 aromatic rings. The van der Waals surface area contributed by atoms with Gasteiger partial charge in [0.2, 0.25) is 5.91 Å². The Kier molecular flexibility index (Phi) is 4.72. The first-order chi connectivity index (χ1) is 6.99. The van der Waals surface area contributed by atoms with E-state index in [9.17, 15) is 18.0 Å². The Balaban J connectivity index is 2.27. The minimum Gasteiger partial charge on any atom is -0.341 e. The standard InChI is InChI=1S/C8H13F3N2OS/c9-8(10,11)15-5-4-13-3-1-2-12-6-7(13)14/h12H,1-6H2. The average molecular weight is 242 g/mol. The Labute approximate surface area is 90.4 Å². The van der Waals surface area contributed by atoms with Gasteiger partial charge in [-0.3, -0.25) is 4.79 Å². The summed E-state index contributed by atoms with van der Waals surface area (Å²) in [5, 5.41) is 2.91. The van der Waals surface area contributed by atoms with Crippen molar-refractivity contribution in [3.05, 3.63) is 0 Å². The molecule has 1 aliphatic heterocycles. The van der Waals surface area contributed by atoms with Crippen LogP contribution >= 0.6 is 11.8 Å². The van der Waals surface area contributed by atoms with Gasteiger partial charge in [-0.2, -0.15) is 13.2 Å². The summed E-state index contributed by atoms with van der Waals surface area (Å²) in [5.41, 5.74) is -4.20. The third-order valence-electron chi connectivity index (χ3n) is 2.04. The summed E-state index contributed by atoms with van der Waals surface area (Å²) < 4.78 is 35.5. The number of thioether (sulfide) groups is 1. The molecule has 1 amide bonds. The fourth-order valence-electron chi connectivity index (χ4n) is 1.33. The van der Waals surface area contributed by atoms with E-state index in [2.05, 4.69) is 5.32 Å². The molecular weight excluding hydrogens is 229 g/mol. The summed E-state index contributed by atoms with van der Waals surface area (Å²) in [5.74, 6) is -0.204. The highest BCUT2D eigenvalue weighted by molar-refractivity contribution is 8.00. The molecule has 0 radical (unpaired) electrons. The fraction of sp³-hybridized carbons (Fsp3) is 0.875. The number of alkyl halides is 3. The molecule has 15 heavy (non-hydrogen) atoms. The normalized spacial score (nSPS) is 19.1. The van der Waals surface area contributed by atoms with E-state index in [1.54, 1.807) is 0 Å². The zero-order valence-electron chi connectivity index (χ0n) is 8.14. The molecule has 1 fully saturated rings. The Hall–Kier alpha value is -0.430. The lowest BCUT2D eigenvalue weighted by molar-refractivity contribution is -0.129. The predicted molar refractivity (Wildman–Crippen MR) is 52.6 cm³/mol. The van der Waals surface area contributed by atoms with Crippen molar-refractivity contribution >= 4 is 17.7 Å².